The van der Waals surface area contributed by atoms with E-state index in [1.807, 2.05) is 13.0 Å². The summed E-state index contributed by atoms with van der Waals surface area (Å²) in [4.78, 5) is 14.0. The van der Waals surface area contributed by atoms with Gasteiger partial charge in [-0.25, -0.2) is 8.42 Å². The number of carbonyl (C=O) groups is 1. The lowest BCUT2D eigenvalue weighted by Gasteiger charge is -2.20. The van der Waals surface area contributed by atoms with E-state index in [1.54, 1.807) is 67.7 Å². The molecule has 3 aromatic carbocycles. The Labute approximate surface area is 199 Å². The van der Waals surface area contributed by atoms with Crippen molar-refractivity contribution in [1.82, 2.24) is 0 Å². The number of amides is 1. The SMILES string of the molecule is CCOc1ccc(S(=O)(=O)N(C)c2ccc(OCC(=O)N(C)c3cccc(C#N)c3)cc2)cc1. The number of anilines is 2. The van der Waals surface area contributed by atoms with Gasteiger partial charge >= 0.3 is 0 Å². The average molecular weight is 480 g/mol. The molecule has 0 aliphatic carbocycles. The molecule has 34 heavy (non-hydrogen) atoms. The van der Waals surface area contributed by atoms with E-state index in [9.17, 15) is 13.2 Å². The van der Waals surface area contributed by atoms with Crippen molar-refractivity contribution in [2.45, 2.75) is 11.8 Å². The molecule has 0 aliphatic heterocycles. The normalized spacial score (nSPS) is 10.8. The predicted octanol–water partition coefficient (Wildman–Crippen LogP) is 3.82. The molecule has 176 valence electrons. The van der Waals surface area contributed by atoms with Crippen molar-refractivity contribution in [2.24, 2.45) is 0 Å². The van der Waals surface area contributed by atoms with Crippen LogP contribution < -0.4 is 18.7 Å². The Balaban J connectivity index is 1.63. The number of hydrogen-bond donors (Lipinski definition) is 0. The van der Waals surface area contributed by atoms with Gasteiger partial charge in [0.15, 0.2) is 6.61 Å². The van der Waals surface area contributed by atoms with Crippen molar-refractivity contribution >= 4 is 27.3 Å². The van der Waals surface area contributed by atoms with Gasteiger partial charge in [0.2, 0.25) is 0 Å². The second kappa shape index (κ2) is 10.7. The smallest absolute Gasteiger partial charge is 0.264 e. The Morgan fingerprint density at radius 2 is 1.53 bits per heavy atom. The van der Waals surface area contributed by atoms with Gasteiger partial charge in [-0.2, -0.15) is 5.26 Å². The molecular formula is C25H25N3O5S. The summed E-state index contributed by atoms with van der Waals surface area (Å²) in [6.07, 6.45) is 0. The van der Waals surface area contributed by atoms with Crippen LogP contribution in [0.1, 0.15) is 12.5 Å². The monoisotopic (exact) mass is 479 g/mol. The second-order valence-corrected chi connectivity index (χ2v) is 9.24. The van der Waals surface area contributed by atoms with E-state index in [2.05, 4.69) is 0 Å². The van der Waals surface area contributed by atoms with Gasteiger partial charge in [-0.3, -0.25) is 9.10 Å². The number of sulfonamides is 1. The van der Waals surface area contributed by atoms with Gasteiger partial charge < -0.3 is 14.4 Å². The predicted molar refractivity (Wildman–Crippen MR) is 130 cm³/mol. The van der Waals surface area contributed by atoms with Crippen LogP contribution in [0, 0.1) is 11.3 Å². The van der Waals surface area contributed by atoms with E-state index in [4.69, 9.17) is 14.7 Å². The van der Waals surface area contributed by atoms with Gasteiger partial charge in [0, 0.05) is 19.8 Å². The fraction of sp³-hybridized carbons (Fsp3) is 0.200. The average Bonchev–Trinajstić information content (AvgIpc) is 2.87. The van der Waals surface area contributed by atoms with Crippen LogP contribution in [0.15, 0.2) is 77.7 Å². The van der Waals surface area contributed by atoms with E-state index < -0.39 is 10.0 Å². The number of rotatable bonds is 9. The number of carbonyl (C=O) groups excluding carboxylic acids is 1. The maximum absolute atomic E-state index is 12.9. The molecule has 0 bridgehead atoms. The van der Waals surface area contributed by atoms with Crippen LogP contribution in [0.4, 0.5) is 11.4 Å². The highest BCUT2D eigenvalue weighted by Crippen LogP contribution is 2.26. The molecule has 3 rings (SSSR count). The first-order valence-electron chi connectivity index (χ1n) is 10.5. The quantitative estimate of drug-likeness (QED) is 0.463. The second-order valence-electron chi connectivity index (χ2n) is 7.27. The van der Waals surface area contributed by atoms with Gasteiger partial charge in [0.05, 0.1) is 28.8 Å². The summed E-state index contributed by atoms with van der Waals surface area (Å²) in [7, 11) is -0.686. The highest BCUT2D eigenvalue weighted by Gasteiger charge is 2.21. The van der Waals surface area contributed by atoms with Crippen molar-refractivity contribution in [3.63, 3.8) is 0 Å². The zero-order valence-electron chi connectivity index (χ0n) is 19.1. The molecule has 0 N–H and O–H groups in total. The third-order valence-corrected chi connectivity index (χ3v) is 6.89. The van der Waals surface area contributed by atoms with E-state index in [-0.39, 0.29) is 17.4 Å². The molecule has 3 aromatic rings. The maximum Gasteiger partial charge on any atom is 0.264 e. The molecule has 0 spiro atoms. The Kier molecular flexibility index (Phi) is 7.76. The first kappa shape index (κ1) is 24.6. The fourth-order valence-corrected chi connectivity index (χ4v) is 4.29. The van der Waals surface area contributed by atoms with Gasteiger partial charge in [-0.1, -0.05) is 6.07 Å². The highest BCUT2D eigenvalue weighted by molar-refractivity contribution is 7.92. The number of nitrogens with zero attached hydrogens (tertiary/aromatic N) is 3. The lowest BCUT2D eigenvalue weighted by molar-refractivity contribution is -0.120. The zero-order valence-corrected chi connectivity index (χ0v) is 20.0. The number of ether oxygens (including phenoxy) is 2. The van der Waals surface area contributed by atoms with Crippen molar-refractivity contribution < 1.29 is 22.7 Å². The van der Waals surface area contributed by atoms with Crippen LogP contribution in [-0.4, -0.2) is 41.6 Å². The highest BCUT2D eigenvalue weighted by atomic mass is 32.2. The van der Waals surface area contributed by atoms with E-state index in [1.165, 1.54) is 28.4 Å². The lowest BCUT2D eigenvalue weighted by Crippen LogP contribution is -2.31. The lowest BCUT2D eigenvalue weighted by atomic mass is 10.2. The van der Waals surface area contributed by atoms with Gasteiger partial charge in [0.1, 0.15) is 11.5 Å². The Bertz CT molecular complexity index is 1280. The third-order valence-electron chi connectivity index (χ3n) is 5.09. The zero-order chi connectivity index (χ0) is 24.7. The standard InChI is InChI=1S/C25H25N3O5S/c1-4-32-22-12-14-24(15-13-22)34(30,31)28(3)20-8-10-23(11-9-20)33-18-25(29)27(2)21-7-5-6-19(16-21)17-26/h5-16H,4,18H2,1-3H3. The van der Waals surface area contributed by atoms with E-state index >= 15 is 0 Å². The summed E-state index contributed by atoms with van der Waals surface area (Å²) >= 11 is 0. The largest absolute Gasteiger partial charge is 0.494 e. The minimum Gasteiger partial charge on any atom is -0.494 e. The molecule has 0 aromatic heterocycles. The molecule has 0 fully saturated rings. The molecule has 0 heterocycles. The number of hydrogen-bond acceptors (Lipinski definition) is 6. The first-order chi connectivity index (χ1) is 16.3. The summed E-state index contributed by atoms with van der Waals surface area (Å²) in [6, 6.07) is 21.4. The van der Waals surface area contributed by atoms with Crippen LogP contribution in [0.2, 0.25) is 0 Å². The molecule has 0 unspecified atom stereocenters. The summed E-state index contributed by atoms with van der Waals surface area (Å²) in [6.45, 7) is 2.14. The molecule has 0 aliphatic rings. The van der Waals surface area contributed by atoms with Gasteiger partial charge in [-0.15, -0.1) is 0 Å². The summed E-state index contributed by atoms with van der Waals surface area (Å²) < 4.78 is 38.0. The summed E-state index contributed by atoms with van der Waals surface area (Å²) in [5.41, 5.74) is 1.49. The van der Waals surface area contributed by atoms with Gasteiger partial charge in [0.25, 0.3) is 15.9 Å². The number of benzene rings is 3. The molecule has 0 atom stereocenters. The van der Waals surface area contributed by atoms with Crippen LogP contribution in [0.3, 0.4) is 0 Å². The van der Waals surface area contributed by atoms with Crippen LogP contribution in [-0.2, 0) is 14.8 Å². The first-order valence-corrected chi connectivity index (χ1v) is 11.9. The fourth-order valence-electron chi connectivity index (χ4n) is 3.09. The Morgan fingerprint density at radius 3 is 2.15 bits per heavy atom. The Hall–Kier alpha value is -4.03. The number of nitriles is 1. The molecular weight excluding hydrogens is 454 g/mol. The van der Waals surface area contributed by atoms with Crippen molar-refractivity contribution in [2.75, 3.05) is 36.5 Å². The molecule has 9 heteroatoms. The molecule has 0 saturated heterocycles. The van der Waals surface area contributed by atoms with Crippen molar-refractivity contribution in [3.8, 4) is 17.6 Å². The molecule has 8 nitrogen and oxygen atoms in total. The summed E-state index contributed by atoms with van der Waals surface area (Å²) in [5.74, 6) is 0.723. The Morgan fingerprint density at radius 1 is 0.912 bits per heavy atom. The van der Waals surface area contributed by atoms with Crippen LogP contribution in [0.5, 0.6) is 11.5 Å². The van der Waals surface area contributed by atoms with Crippen LogP contribution >= 0.6 is 0 Å². The molecule has 0 saturated carbocycles. The van der Waals surface area contributed by atoms with E-state index in [0.29, 0.717) is 35.0 Å². The van der Waals surface area contributed by atoms with Crippen molar-refractivity contribution in [1.29, 1.82) is 5.26 Å². The van der Waals surface area contributed by atoms with Crippen LogP contribution in [0.25, 0.3) is 0 Å². The topological polar surface area (TPSA) is 99.9 Å². The minimum absolute atomic E-state index is 0.146. The third kappa shape index (κ3) is 5.66. The van der Waals surface area contributed by atoms with E-state index in [0.717, 1.165) is 0 Å². The maximum atomic E-state index is 12.9. The minimum atomic E-state index is -3.76. The number of likely N-dealkylation sites (N-methyl/N-ethyl adjacent to an activating group) is 1. The molecule has 0 radical (unpaired) electrons. The van der Waals surface area contributed by atoms with Gasteiger partial charge in [-0.05, 0) is 73.7 Å². The molecule has 1 amide bonds. The van der Waals surface area contributed by atoms with Crippen molar-refractivity contribution in [3.05, 3.63) is 78.4 Å². The summed E-state index contributed by atoms with van der Waals surface area (Å²) in [5, 5.41) is 9.02.